The van der Waals surface area contributed by atoms with Gasteiger partial charge in [0.1, 0.15) is 0 Å². The lowest BCUT2D eigenvalue weighted by atomic mass is 9.93. The van der Waals surface area contributed by atoms with Crippen molar-refractivity contribution in [2.75, 3.05) is 6.54 Å². The van der Waals surface area contributed by atoms with Gasteiger partial charge in [-0.15, -0.1) is 6.42 Å². The van der Waals surface area contributed by atoms with Crippen LogP contribution in [0.5, 0.6) is 0 Å². The fraction of sp³-hybridized carbons (Fsp3) is 0.308. The summed E-state index contributed by atoms with van der Waals surface area (Å²) in [5.74, 6) is 3.42. The number of nitrogens with one attached hydrogen (secondary N) is 1. The lowest BCUT2D eigenvalue weighted by Crippen LogP contribution is -2.49. The monoisotopic (exact) mass is 196 g/mol. The van der Waals surface area contributed by atoms with Gasteiger partial charge in [-0.1, -0.05) is 12.0 Å². The van der Waals surface area contributed by atoms with Gasteiger partial charge in [0.15, 0.2) is 0 Å². The Hall–Kier alpha value is -1.59. The van der Waals surface area contributed by atoms with E-state index in [-0.39, 0.29) is 0 Å². The fourth-order valence-electron chi connectivity index (χ4n) is 2.29. The van der Waals surface area contributed by atoms with Gasteiger partial charge in [0.05, 0.1) is 0 Å². The van der Waals surface area contributed by atoms with Crippen LogP contribution in [0.15, 0.2) is 24.5 Å². The predicted octanol–water partition coefficient (Wildman–Crippen LogP) is 1.44. The molecule has 0 unspecified atom stereocenters. The minimum atomic E-state index is 0.592. The Morgan fingerprint density at radius 1 is 1.47 bits per heavy atom. The lowest BCUT2D eigenvalue weighted by molar-refractivity contribution is 0.301. The van der Waals surface area contributed by atoms with Crippen LogP contribution in [0.1, 0.15) is 17.5 Å². The summed E-state index contributed by atoms with van der Waals surface area (Å²) >= 11 is 0. The molecule has 2 aliphatic rings. The Morgan fingerprint density at radius 3 is 3.00 bits per heavy atom. The van der Waals surface area contributed by atoms with Crippen LogP contribution < -0.4 is 5.32 Å². The third-order valence-corrected chi connectivity index (χ3v) is 3.26. The molecule has 1 aliphatic carbocycles. The normalized spacial score (nSPS) is 27.5. The Bertz CT molecular complexity index is 468. The van der Waals surface area contributed by atoms with Gasteiger partial charge >= 0.3 is 0 Å². The van der Waals surface area contributed by atoms with Crippen molar-refractivity contribution in [3.63, 3.8) is 0 Å². The number of terminal acetylenes is 1. The van der Waals surface area contributed by atoms with Gasteiger partial charge in [-0.05, 0) is 29.5 Å². The quantitative estimate of drug-likeness (QED) is 0.687. The van der Waals surface area contributed by atoms with Crippen molar-refractivity contribution in [3.05, 3.63) is 35.7 Å². The van der Waals surface area contributed by atoms with E-state index < -0.39 is 0 Å². The highest BCUT2D eigenvalue weighted by atomic mass is 15.0. The molecule has 1 fully saturated rings. The number of nitrogens with zero attached hydrogens (tertiary/aromatic N) is 1. The van der Waals surface area contributed by atoms with Crippen LogP contribution in [0.4, 0.5) is 0 Å². The molecule has 1 aliphatic heterocycles. The Balaban J connectivity index is 1.93. The minimum absolute atomic E-state index is 0.592. The summed E-state index contributed by atoms with van der Waals surface area (Å²) in [7, 11) is 0. The van der Waals surface area contributed by atoms with E-state index in [9.17, 15) is 0 Å². The van der Waals surface area contributed by atoms with Crippen LogP contribution in [0.25, 0.3) is 5.57 Å². The van der Waals surface area contributed by atoms with Gasteiger partial charge in [-0.25, -0.2) is 0 Å². The first-order valence-electron chi connectivity index (χ1n) is 5.23. The molecule has 0 bridgehead atoms. The van der Waals surface area contributed by atoms with Crippen LogP contribution in [-0.4, -0.2) is 17.6 Å². The van der Waals surface area contributed by atoms with Gasteiger partial charge in [0.2, 0.25) is 0 Å². The standard InChI is InChI=1S/C13H12N2/c1-2-9-3-11(7-14-6-9)10-4-12-8-15-13(12)5-10/h1,3,5-7,12-13,15H,4,8H2/t12-,13-/m0/s1. The van der Waals surface area contributed by atoms with Gasteiger partial charge in [0, 0.05) is 30.5 Å². The van der Waals surface area contributed by atoms with Gasteiger partial charge in [-0.2, -0.15) is 0 Å². The van der Waals surface area contributed by atoms with Crippen LogP contribution in [0.2, 0.25) is 0 Å². The molecule has 74 valence electrons. The summed E-state index contributed by atoms with van der Waals surface area (Å²) in [6.45, 7) is 1.15. The number of aromatic nitrogens is 1. The zero-order chi connectivity index (χ0) is 10.3. The van der Waals surface area contributed by atoms with Gasteiger partial charge < -0.3 is 5.32 Å². The average molecular weight is 196 g/mol. The molecule has 1 N–H and O–H groups in total. The molecule has 1 aromatic rings. The number of hydrogen-bond acceptors (Lipinski definition) is 2. The third-order valence-electron chi connectivity index (χ3n) is 3.26. The zero-order valence-electron chi connectivity index (χ0n) is 8.40. The van der Waals surface area contributed by atoms with E-state index in [4.69, 9.17) is 6.42 Å². The fourth-order valence-corrected chi connectivity index (χ4v) is 2.29. The molecule has 1 saturated heterocycles. The first-order chi connectivity index (χ1) is 7.36. The smallest absolute Gasteiger partial charge is 0.0432 e. The van der Waals surface area contributed by atoms with E-state index in [2.05, 4.69) is 22.3 Å². The molecule has 2 heteroatoms. The van der Waals surface area contributed by atoms with E-state index in [0.29, 0.717) is 6.04 Å². The Kier molecular flexibility index (Phi) is 1.87. The maximum atomic E-state index is 5.36. The molecule has 0 amide bonds. The molecular weight excluding hydrogens is 184 g/mol. The second kappa shape index (κ2) is 3.22. The average Bonchev–Trinajstić information content (AvgIpc) is 2.55. The van der Waals surface area contributed by atoms with Crippen molar-refractivity contribution in [1.29, 1.82) is 0 Å². The predicted molar refractivity (Wildman–Crippen MR) is 60.0 cm³/mol. The van der Waals surface area contributed by atoms with Gasteiger partial charge in [0.25, 0.3) is 0 Å². The maximum Gasteiger partial charge on any atom is 0.0432 e. The van der Waals surface area contributed by atoms with Crippen molar-refractivity contribution >= 4 is 5.57 Å². The van der Waals surface area contributed by atoms with Crippen molar-refractivity contribution in [2.24, 2.45) is 5.92 Å². The molecule has 15 heavy (non-hydrogen) atoms. The second-order valence-electron chi connectivity index (χ2n) is 4.20. The van der Waals surface area contributed by atoms with Crippen molar-refractivity contribution < 1.29 is 0 Å². The Labute approximate surface area is 89.4 Å². The summed E-state index contributed by atoms with van der Waals surface area (Å²) in [6, 6.07) is 2.64. The molecule has 3 rings (SSSR count). The maximum absolute atomic E-state index is 5.36. The summed E-state index contributed by atoms with van der Waals surface area (Å²) in [4.78, 5) is 4.17. The molecule has 2 atom stereocenters. The van der Waals surface area contributed by atoms with Crippen molar-refractivity contribution in [3.8, 4) is 12.3 Å². The molecule has 0 aromatic carbocycles. The van der Waals surface area contributed by atoms with Crippen LogP contribution in [-0.2, 0) is 0 Å². The highest BCUT2D eigenvalue weighted by Gasteiger charge is 2.34. The summed E-state index contributed by atoms with van der Waals surface area (Å²) in [6.07, 6.45) is 12.5. The first-order valence-corrected chi connectivity index (χ1v) is 5.23. The number of rotatable bonds is 1. The minimum Gasteiger partial charge on any atom is -0.310 e. The molecule has 0 radical (unpaired) electrons. The molecule has 2 nitrogen and oxygen atoms in total. The highest BCUT2D eigenvalue weighted by Crippen LogP contribution is 2.36. The highest BCUT2D eigenvalue weighted by molar-refractivity contribution is 5.69. The van der Waals surface area contributed by atoms with Crippen molar-refractivity contribution in [1.82, 2.24) is 10.3 Å². The van der Waals surface area contributed by atoms with E-state index in [0.717, 1.165) is 24.4 Å². The molecular formula is C13H12N2. The zero-order valence-corrected chi connectivity index (χ0v) is 8.40. The number of hydrogen-bond donors (Lipinski definition) is 1. The molecule has 0 saturated carbocycles. The summed E-state index contributed by atoms with van der Waals surface area (Å²) in [5, 5.41) is 3.40. The van der Waals surface area contributed by atoms with E-state index in [1.165, 1.54) is 11.1 Å². The first kappa shape index (κ1) is 8.70. The molecule has 2 heterocycles. The van der Waals surface area contributed by atoms with Gasteiger partial charge in [-0.3, -0.25) is 4.98 Å². The topological polar surface area (TPSA) is 24.9 Å². The van der Waals surface area contributed by atoms with E-state index >= 15 is 0 Å². The number of allylic oxidation sites excluding steroid dienone is 1. The largest absolute Gasteiger partial charge is 0.310 e. The molecule has 0 spiro atoms. The summed E-state index contributed by atoms with van der Waals surface area (Å²) < 4.78 is 0. The number of pyridine rings is 1. The van der Waals surface area contributed by atoms with E-state index in [1.807, 2.05) is 12.3 Å². The van der Waals surface area contributed by atoms with Crippen LogP contribution in [0.3, 0.4) is 0 Å². The Morgan fingerprint density at radius 2 is 2.40 bits per heavy atom. The summed E-state index contributed by atoms with van der Waals surface area (Å²) in [5.41, 5.74) is 3.43. The SMILES string of the molecule is C#Cc1cncc(C2=C[C@@H]3NC[C@@H]3C2)c1. The number of fused-ring (bicyclic) bond motifs is 1. The van der Waals surface area contributed by atoms with Crippen molar-refractivity contribution in [2.45, 2.75) is 12.5 Å². The molecule has 1 aromatic heterocycles. The lowest BCUT2D eigenvalue weighted by Gasteiger charge is -2.31. The second-order valence-corrected chi connectivity index (χ2v) is 4.20. The van der Waals surface area contributed by atoms with E-state index in [1.54, 1.807) is 6.20 Å². The van der Waals surface area contributed by atoms with Crippen LogP contribution >= 0.6 is 0 Å². The third kappa shape index (κ3) is 1.36. The van der Waals surface area contributed by atoms with Crippen LogP contribution in [0, 0.1) is 18.3 Å².